The molecule has 2 aromatic carbocycles. The smallest absolute Gasteiger partial charge is 0.250 e. The van der Waals surface area contributed by atoms with Gasteiger partial charge in [-0.05, 0) is 83.5 Å². The van der Waals surface area contributed by atoms with Crippen LogP contribution in [0.4, 0.5) is 0 Å². The van der Waals surface area contributed by atoms with Gasteiger partial charge in [0.05, 0.1) is 0 Å². The Morgan fingerprint density at radius 1 is 0.605 bits per heavy atom. The van der Waals surface area contributed by atoms with Crippen LogP contribution < -0.4 is 0 Å². The van der Waals surface area contributed by atoms with Crippen molar-refractivity contribution in [1.82, 2.24) is 0 Å². The van der Waals surface area contributed by atoms with Crippen molar-refractivity contribution in [2.24, 2.45) is 0 Å². The molecule has 2 aliphatic carbocycles. The van der Waals surface area contributed by atoms with Crippen LogP contribution in [-0.4, -0.2) is 16.6 Å². The molecule has 0 heterocycles. The van der Waals surface area contributed by atoms with E-state index in [0.717, 1.165) is 33.8 Å². The summed E-state index contributed by atoms with van der Waals surface area (Å²) >= 11 is 15.3. The number of halogens is 2. The van der Waals surface area contributed by atoms with E-state index in [0.29, 0.717) is 12.8 Å². The van der Waals surface area contributed by atoms with Gasteiger partial charge >= 0.3 is 0 Å². The second-order valence-corrected chi connectivity index (χ2v) is 24.8. The molecule has 2 unspecified atom stereocenters. The van der Waals surface area contributed by atoms with Crippen LogP contribution in [-0.2, 0) is 18.6 Å². The summed E-state index contributed by atoms with van der Waals surface area (Å²) in [5.74, 6) is 1.71. The van der Waals surface area contributed by atoms with Gasteiger partial charge in [0.15, 0.2) is 0 Å². The molecule has 0 fully saturated rings. The number of rotatable bonds is 7. The van der Waals surface area contributed by atoms with E-state index < -0.39 is 26.4 Å². The predicted molar refractivity (Wildman–Crippen MR) is 170 cm³/mol. The third kappa shape index (κ3) is 5.07. The van der Waals surface area contributed by atoms with E-state index in [1.54, 1.807) is 0 Å². The van der Waals surface area contributed by atoms with Crippen LogP contribution in [0.3, 0.4) is 0 Å². The number of fused-ring (bicyclic) bond motifs is 2. The van der Waals surface area contributed by atoms with Gasteiger partial charge in [0.25, 0.3) is 0 Å². The lowest BCUT2D eigenvalue weighted by molar-refractivity contribution is 0.307. The van der Waals surface area contributed by atoms with E-state index in [-0.39, 0.29) is 10.1 Å². The van der Waals surface area contributed by atoms with E-state index in [1.165, 1.54) is 0 Å². The maximum Gasteiger partial charge on any atom is 0.250 e. The molecule has 0 spiro atoms. The molecule has 0 N–H and O–H groups in total. The van der Waals surface area contributed by atoms with Crippen molar-refractivity contribution >= 4 is 52.0 Å². The molecule has 0 radical (unpaired) electrons. The van der Waals surface area contributed by atoms with Crippen molar-refractivity contribution in [1.29, 1.82) is 0 Å². The van der Waals surface area contributed by atoms with Gasteiger partial charge in [0, 0.05) is 0 Å². The van der Waals surface area contributed by atoms with Crippen molar-refractivity contribution < 1.29 is 8.85 Å². The highest BCUT2D eigenvalue weighted by molar-refractivity contribution is 6.74. The minimum absolute atomic E-state index is 0.0609. The van der Waals surface area contributed by atoms with E-state index in [1.807, 2.05) is 0 Å². The zero-order chi connectivity index (χ0) is 28.4. The van der Waals surface area contributed by atoms with Gasteiger partial charge in [0.2, 0.25) is 16.6 Å². The molecule has 206 valence electrons. The fourth-order valence-electron chi connectivity index (χ4n) is 4.68. The molecular formula is C32H44Cl2O2Si2. The molecule has 0 aromatic heterocycles. The summed E-state index contributed by atoms with van der Waals surface area (Å²) in [6.45, 7) is 22.7. The Labute approximate surface area is 242 Å². The van der Waals surface area contributed by atoms with E-state index in [4.69, 9.17) is 32.1 Å². The van der Waals surface area contributed by atoms with Crippen LogP contribution in [0.1, 0.15) is 76.6 Å². The number of hydrogen-bond donors (Lipinski definition) is 0. The van der Waals surface area contributed by atoms with Crippen LogP contribution in [0.15, 0.2) is 60.0 Å². The summed E-state index contributed by atoms with van der Waals surface area (Å²) in [4.78, 5) is -1.57. The second kappa shape index (κ2) is 9.57. The third-order valence-electron chi connectivity index (χ3n) is 9.29. The summed E-state index contributed by atoms with van der Waals surface area (Å²) < 4.78 is 13.8. The van der Waals surface area contributed by atoms with Gasteiger partial charge in [-0.25, -0.2) is 0 Å². The van der Waals surface area contributed by atoms with Gasteiger partial charge in [-0.1, -0.05) is 90.1 Å². The fraction of sp³-hybridized carbons (Fsp3) is 0.500. The first-order valence-electron chi connectivity index (χ1n) is 13.7. The van der Waals surface area contributed by atoms with Crippen molar-refractivity contribution in [3.8, 4) is 0 Å². The number of allylic oxidation sites excluding steroid dienone is 2. The van der Waals surface area contributed by atoms with Gasteiger partial charge in [0.1, 0.15) is 21.3 Å². The average molecular weight is 588 g/mol. The average Bonchev–Trinajstić information content (AvgIpc) is 3.22. The Hall–Kier alpha value is -1.47. The number of benzene rings is 2. The van der Waals surface area contributed by atoms with Crippen molar-refractivity contribution in [3.63, 3.8) is 0 Å². The zero-order valence-electron chi connectivity index (χ0n) is 24.8. The van der Waals surface area contributed by atoms with Gasteiger partial charge in [-0.15, -0.1) is 23.2 Å². The number of alkyl halides is 2. The van der Waals surface area contributed by atoms with Crippen LogP contribution in [0, 0.1) is 0 Å². The van der Waals surface area contributed by atoms with Crippen LogP contribution >= 0.6 is 23.2 Å². The standard InChI is InChI=1S/C32H44Cl2O2Si2/c1-29(2,3)37(7,8)35-27-21-23-15-11-13-17-25(23)31(27,33)19-20-32(34)26-18-14-12-16-24(26)22-28(32)36-38(9,10)30(4,5)6/h11-18,21-22H,19-20H2,1-10H3. The van der Waals surface area contributed by atoms with Gasteiger partial charge < -0.3 is 8.85 Å². The lowest BCUT2D eigenvalue weighted by atomic mass is 9.87. The molecule has 0 bridgehead atoms. The summed E-state index contributed by atoms with van der Waals surface area (Å²) in [5, 5.41) is 0.122. The monoisotopic (exact) mass is 586 g/mol. The van der Waals surface area contributed by atoms with Crippen LogP contribution in [0.5, 0.6) is 0 Å². The van der Waals surface area contributed by atoms with E-state index in [2.05, 4.69) is 128 Å². The SMILES string of the molecule is CC(C)(C)[Si](C)(C)OC1=Cc2ccccc2C1(Cl)CCC1(Cl)C(O[Si](C)(C)C(C)(C)C)=Cc2ccccc21. The minimum atomic E-state index is -2.12. The molecule has 2 atom stereocenters. The second-order valence-electron chi connectivity index (χ2n) is 14.0. The highest BCUT2D eigenvalue weighted by Crippen LogP contribution is 2.57. The molecule has 38 heavy (non-hydrogen) atoms. The summed E-state index contributed by atoms with van der Waals surface area (Å²) in [6, 6.07) is 16.8. The van der Waals surface area contributed by atoms with E-state index in [9.17, 15) is 0 Å². The quantitative estimate of drug-likeness (QED) is 0.237. The fourth-order valence-corrected chi connectivity index (χ4v) is 7.71. The highest BCUT2D eigenvalue weighted by Gasteiger charge is 2.51. The molecule has 4 rings (SSSR count). The largest absolute Gasteiger partial charge is 0.545 e. The Bertz CT molecular complexity index is 1180. The van der Waals surface area contributed by atoms with E-state index >= 15 is 0 Å². The Kier molecular flexibility index (Phi) is 7.44. The normalized spacial score (nSPS) is 23.5. The Morgan fingerprint density at radius 2 is 0.921 bits per heavy atom. The molecule has 6 heteroatoms. The third-order valence-corrected chi connectivity index (χ3v) is 19.1. The first-order chi connectivity index (χ1) is 17.3. The Morgan fingerprint density at radius 3 is 1.24 bits per heavy atom. The predicted octanol–water partition coefficient (Wildman–Crippen LogP) is 10.8. The summed E-state index contributed by atoms with van der Waals surface area (Å²) in [7, 11) is -4.23. The van der Waals surface area contributed by atoms with Crippen molar-refractivity contribution in [2.75, 3.05) is 0 Å². The van der Waals surface area contributed by atoms with Gasteiger partial charge in [-0.3, -0.25) is 0 Å². The molecular weight excluding hydrogens is 543 g/mol. The molecule has 2 aromatic rings. The summed E-state index contributed by atoms with van der Waals surface area (Å²) in [6.07, 6.45) is 5.55. The first kappa shape index (κ1) is 29.5. The van der Waals surface area contributed by atoms with Crippen molar-refractivity contribution in [2.45, 2.75) is 100 Å². The molecule has 0 aliphatic heterocycles. The maximum atomic E-state index is 7.66. The highest BCUT2D eigenvalue weighted by atomic mass is 35.5. The van der Waals surface area contributed by atoms with Crippen LogP contribution in [0.2, 0.25) is 36.3 Å². The maximum absolute atomic E-state index is 7.66. The molecule has 0 saturated heterocycles. The Balaban J connectivity index is 1.71. The minimum Gasteiger partial charge on any atom is -0.545 e. The number of hydrogen-bond acceptors (Lipinski definition) is 2. The molecule has 2 nitrogen and oxygen atoms in total. The topological polar surface area (TPSA) is 18.5 Å². The molecule has 0 amide bonds. The molecule has 0 saturated carbocycles. The first-order valence-corrected chi connectivity index (χ1v) is 20.3. The lowest BCUT2D eigenvalue weighted by Gasteiger charge is -2.42. The zero-order valence-corrected chi connectivity index (χ0v) is 28.3. The molecule has 2 aliphatic rings. The lowest BCUT2D eigenvalue weighted by Crippen LogP contribution is -2.43. The van der Waals surface area contributed by atoms with Gasteiger partial charge in [-0.2, -0.15) is 0 Å². The summed E-state index contributed by atoms with van der Waals surface area (Å²) in [5.41, 5.74) is 4.44. The van der Waals surface area contributed by atoms with Crippen LogP contribution in [0.25, 0.3) is 12.2 Å². The van der Waals surface area contributed by atoms with Crippen molar-refractivity contribution in [3.05, 3.63) is 82.3 Å².